The molecule has 0 heterocycles. The summed E-state index contributed by atoms with van der Waals surface area (Å²) in [6.07, 6.45) is 3.97. The van der Waals surface area contributed by atoms with E-state index in [4.69, 9.17) is 0 Å². The third-order valence-corrected chi connectivity index (χ3v) is 3.91. The summed E-state index contributed by atoms with van der Waals surface area (Å²) in [6.45, 7) is 12.9. The fourth-order valence-electron chi connectivity index (χ4n) is 2.43. The number of hydrogen-bond acceptors (Lipinski definition) is 1. The van der Waals surface area contributed by atoms with Crippen molar-refractivity contribution >= 4 is 0 Å². The summed E-state index contributed by atoms with van der Waals surface area (Å²) in [6, 6.07) is 0.759. The van der Waals surface area contributed by atoms with Gasteiger partial charge in [-0.2, -0.15) is 0 Å². The maximum absolute atomic E-state index is 3.74. The smallest absolute Gasteiger partial charge is 0.0126 e. The third kappa shape index (κ3) is 2.73. The lowest BCUT2D eigenvalue weighted by Crippen LogP contribution is -2.38. The molecular weight excluding hydrogens is 170 g/mol. The van der Waals surface area contributed by atoms with E-state index in [9.17, 15) is 0 Å². The van der Waals surface area contributed by atoms with Crippen LogP contribution in [0.3, 0.4) is 0 Å². The van der Waals surface area contributed by atoms with Gasteiger partial charge in [-0.1, -0.05) is 41.0 Å². The van der Waals surface area contributed by atoms with Gasteiger partial charge in [0.2, 0.25) is 0 Å². The lowest BCUT2D eigenvalue weighted by atomic mass is 9.91. The van der Waals surface area contributed by atoms with E-state index in [-0.39, 0.29) is 0 Å². The van der Waals surface area contributed by atoms with Crippen LogP contribution in [-0.2, 0) is 0 Å². The predicted octanol–water partition coefficient (Wildman–Crippen LogP) is 3.45. The molecule has 0 spiro atoms. The molecule has 84 valence electrons. The minimum absolute atomic E-state index is 0.606. The lowest BCUT2D eigenvalue weighted by molar-refractivity contribution is 0.303. The van der Waals surface area contributed by atoms with Crippen LogP contribution in [0.4, 0.5) is 0 Å². The van der Waals surface area contributed by atoms with Gasteiger partial charge >= 0.3 is 0 Å². The van der Waals surface area contributed by atoms with E-state index in [2.05, 4.69) is 39.9 Å². The van der Waals surface area contributed by atoms with Crippen LogP contribution in [0.15, 0.2) is 0 Å². The van der Waals surface area contributed by atoms with Crippen molar-refractivity contribution < 1.29 is 0 Å². The minimum Gasteiger partial charge on any atom is -0.313 e. The van der Waals surface area contributed by atoms with Gasteiger partial charge in [0, 0.05) is 6.04 Å². The number of rotatable bonds is 6. The zero-order chi connectivity index (χ0) is 10.8. The van der Waals surface area contributed by atoms with Crippen molar-refractivity contribution in [3.63, 3.8) is 0 Å². The average Bonchev–Trinajstić information content (AvgIpc) is 2.75. The van der Waals surface area contributed by atoms with E-state index in [1.165, 1.54) is 25.8 Å². The number of nitrogens with one attached hydrogen (secondary N) is 1. The molecular formula is C13H27N. The van der Waals surface area contributed by atoms with Crippen LogP contribution in [0.2, 0.25) is 0 Å². The van der Waals surface area contributed by atoms with Crippen molar-refractivity contribution in [2.24, 2.45) is 17.3 Å². The zero-order valence-electron chi connectivity index (χ0n) is 10.6. The predicted molar refractivity (Wildman–Crippen MR) is 63.4 cm³/mol. The first-order valence-electron chi connectivity index (χ1n) is 6.26. The van der Waals surface area contributed by atoms with Crippen molar-refractivity contribution in [2.75, 3.05) is 6.54 Å². The molecule has 3 atom stereocenters. The van der Waals surface area contributed by atoms with Crippen molar-refractivity contribution in [1.82, 2.24) is 5.32 Å². The summed E-state index contributed by atoms with van der Waals surface area (Å²) in [5.41, 5.74) is 0.606. The highest BCUT2D eigenvalue weighted by atomic mass is 14.9. The fourth-order valence-corrected chi connectivity index (χ4v) is 2.43. The molecule has 0 aromatic heterocycles. The van der Waals surface area contributed by atoms with Crippen LogP contribution in [0.5, 0.6) is 0 Å². The van der Waals surface area contributed by atoms with Gasteiger partial charge < -0.3 is 5.32 Å². The Kier molecular flexibility index (Phi) is 4.00. The monoisotopic (exact) mass is 197 g/mol. The molecule has 1 saturated carbocycles. The molecule has 1 fully saturated rings. The fraction of sp³-hybridized carbons (Fsp3) is 1.00. The van der Waals surface area contributed by atoms with Crippen LogP contribution in [0.25, 0.3) is 0 Å². The summed E-state index contributed by atoms with van der Waals surface area (Å²) >= 11 is 0. The highest BCUT2D eigenvalue weighted by Crippen LogP contribution is 2.54. The SMILES string of the molecule is CCCNC(C(C)CC)C1CC1(C)C. The van der Waals surface area contributed by atoms with Gasteiger partial charge in [0.15, 0.2) is 0 Å². The zero-order valence-corrected chi connectivity index (χ0v) is 10.6. The van der Waals surface area contributed by atoms with Crippen molar-refractivity contribution in [3.8, 4) is 0 Å². The quantitative estimate of drug-likeness (QED) is 0.688. The molecule has 14 heavy (non-hydrogen) atoms. The molecule has 1 N–H and O–H groups in total. The van der Waals surface area contributed by atoms with Crippen LogP contribution < -0.4 is 5.32 Å². The molecule has 0 saturated heterocycles. The van der Waals surface area contributed by atoms with E-state index in [1.807, 2.05) is 0 Å². The Morgan fingerprint density at radius 1 is 1.36 bits per heavy atom. The van der Waals surface area contributed by atoms with Crippen molar-refractivity contribution in [1.29, 1.82) is 0 Å². The van der Waals surface area contributed by atoms with Gasteiger partial charge in [0.25, 0.3) is 0 Å². The molecule has 0 radical (unpaired) electrons. The maximum atomic E-state index is 3.74. The van der Waals surface area contributed by atoms with Gasteiger partial charge in [0.1, 0.15) is 0 Å². The first-order valence-corrected chi connectivity index (χ1v) is 6.26. The highest BCUT2D eigenvalue weighted by Gasteiger charge is 2.50. The summed E-state index contributed by atoms with van der Waals surface area (Å²) in [7, 11) is 0. The van der Waals surface area contributed by atoms with Gasteiger partial charge in [-0.05, 0) is 36.6 Å². The summed E-state index contributed by atoms with van der Waals surface area (Å²) in [5, 5.41) is 3.74. The topological polar surface area (TPSA) is 12.0 Å². The third-order valence-electron chi connectivity index (χ3n) is 3.91. The molecule has 0 aliphatic heterocycles. The standard InChI is InChI=1S/C13H27N/c1-6-8-14-12(10(3)7-2)11-9-13(11,4)5/h10-12,14H,6-9H2,1-5H3. The summed E-state index contributed by atoms with van der Waals surface area (Å²) < 4.78 is 0. The Labute approximate surface area is 89.7 Å². The Bertz CT molecular complexity index is 174. The Morgan fingerprint density at radius 2 is 1.93 bits per heavy atom. The number of hydrogen-bond donors (Lipinski definition) is 1. The molecule has 1 nitrogen and oxygen atoms in total. The first kappa shape index (κ1) is 12.0. The van der Waals surface area contributed by atoms with E-state index < -0.39 is 0 Å². The molecule has 0 aromatic carbocycles. The van der Waals surface area contributed by atoms with E-state index >= 15 is 0 Å². The van der Waals surface area contributed by atoms with Crippen LogP contribution in [-0.4, -0.2) is 12.6 Å². The summed E-state index contributed by atoms with van der Waals surface area (Å²) in [4.78, 5) is 0. The highest BCUT2D eigenvalue weighted by molar-refractivity contribution is 5.02. The van der Waals surface area contributed by atoms with E-state index in [1.54, 1.807) is 0 Å². The second-order valence-electron chi connectivity index (χ2n) is 5.66. The van der Waals surface area contributed by atoms with Crippen LogP contribution >= 0.6 is 0 Å². The second kappa shape index (κ2) is 4.65. The molecule has 0 aromatic rings. The van der Waals surface area contributed by atoms with Crippen LogP contribution in [0.1, 0.15) is 53.9 Å². The van der Waals surface area contributed by atoms with Gasteiger partial charge in [-0.25, -0.2) is 0 Å². The van der Waals surface area contributed by atoms with Crippen molar-refractivity contribution in [2.45, 2.75) is 59.9 Å². The Morgan fingerprint density at radius 3 is 2.29 bits per heavy atom. The minimum atomic E-state index is 0.606. The Hall–Kier alpha value is -0.0400. The van der Waals surface area contributed by atoms with E-state index in [0.717, 1.165) is 17.9 Å². The largest absolute Gasteiger partial charge is 0.313 e. The second-order valence-corrected chi connectivity index (χ2v) is 5.66. The molecule has 1 aliphatic carbocycles. The van der Waals surface area contributed by atoms with Gasteiger partial charge in [-0.3, -0.25) is 0 Å². The lowest BCUT2D eigenvalue weighted by Gasteiger charge is -2.26. The molecule has 3 unspecified atom stereocenters. The van der Waals surface area contributed by atoms with Crippen molar-refractivity contribution in [3.05, 3.63) is 0 Å². The molecule has 1 rings (SSSR count). The normalized spacial score (nSPS) is 28.5. The molecule has 1 aliphatic rings. The van der Waals surface area contributed by atoms with Crippen LogP contribution in [0, 0.1) is 17.3 Å². The first-order chi connectivity index (χ1) is 6.53. The molecule has 1 heteroatoms. The summed E-state index contributed by atoms with van der Waals surface area (Å²) in [5.74, 6) is 1.75. The van der Waals surface area contributed by atoms with E-state index in [0.29, 0.717) is 5.41 Å². The molecule has 0 bridgehead atoms. The maximum Gasteiger partial charge on any atom is 0.0126 e. The van der Waals surface area contributed by atoms with Gasteiger partial charge in [-0.15, -0.1) is 0 Å². The Balaban J connectivity index is 2.46. The van der Waals surface area contributed by atoms with Gasteiger partial charge in [0.05, 0.1) is 0 Å². The average molecular weight is 197 g/mol. The molecule has 0 amide bonds.